The van der Waals surface area contributed by atoms with Gasteiger partial charge in [0.25, 0.3) is 0 Å². The number of fused-ring (bicyclic) bond motifs is 11. The van der Waals surface area contributed by atoms with Gasteiger partial charge in [0, 0.05) is 95.3 Å². The molecular weight excluding hydrogens is 1690 g/mol. The summed E-state index contributed by atoms with van der Waals surface area (Å²) in [6.07, 6.45) is -2.24. The number of halogens is 14. The lowest BCUT2D eigenvalue weighted by Gasteiger charge is -2.44. The Morgan fingerprint density at radius 3 is 1.36 bits per heavy atom. The second kappa shape index (κ2) is 33.1. The molecule has 17 fully saturated rings. The summed E-state index contributed by atoms with van der Waals surface area (Å²) >= 11 is 0. The molecular formula is C81H100F14O28. The Balaban J connectivity index is 0.000000140. The highest BCUT2D eigenvalue weighted by Gasteiger charge is 2.73. The number of esters is 14. The molecule has 690 valence electrons. The summed E-state index contributed by atoms with van der Waals surface area (Å²) in [5, 5.41) is 0. The zero-order valence-corrected chi connectivity index (χ0v) is 69.6. The first-order valence-electron chi connectivity index (χ1n) is 40.8. The second-order valence-electron chi connectivity index (χ2n) is 37.8. The Morgan fingerprint density at radius 1 is 0.374 bits per heavy atom. The number of carbonyl (C=O) groups excluding carboxylic acids is 14. The minimum absolute atomic E-state index is 0.00159. The van der Waals surface area contributed by atoms with Gasteiger partial charge >= 0.3 is 119 Å². The fourth-order valence-corrected chi connectivity index (χ4v) is 20.1. The highest BCUT2D eigenvalue weighted by molar-refractivity contribution is 5.84. The van der Waals surface area contributed by atoms with Gasteiger partial charge in [0.15, 0.2) is 5.41 Å². The van der Waals surface area contributed by atoms with E-state index in [0.29, 0.717) is 137 Å². The van der Waals surface area contributed by atoms with Gasteiger partial charge < -0.3 is 66.3 Å². The molecule has 10 aliphatic carbocycles. The van der Waals surface area contributed by atoms with Crippen LogP contribution in [0.5, 0.6) is 0 Å². The van der Waals surface area contributed by atoms with E-state index in [1.807, 2.05) is 6.92 Å². The highest BCUT2D eigenvalue weighted by atomic mass is 19.4. The van der Waals surface area contributed by atoms with E-state index in [9.17, 15) is 129 Å². The zero-order chi connectivity index (χ0) is 91.9. The van der Waals surface area contributed by atoms with E-state index in [1.54, 1.807) is 27.7 Å². The maximum absolute atomic E-state index is 13.3. The molecule has 42 heteroatoms. The molecule has 28 atom stereocenters. The van der Waals surface area contributed by atoms with Crippen LogP contribution < -0.4 is 0 Å². The molecule has 28 nitrogen and oxygen atoms in total. The van der Waals surface area contributed by atoms with Crippen molar-refractivity contribution in [2.24, 2.45) is 87.8 Å². The average molecular weight is 1790 g/mol. The Labute approximate surface area is 695 Å². The molecule has 0 amide bonds. The maximum Gasteiger partial charge on any atom is 0.404 e. The summed E-state index contributed by atoms with van der Waals surface area (Å²) in [6.45, 7) is 14.9. The summed E-state index contributed by atoms with van der Waals surface area (Å²) < 4.78 is 250. The van der Waals surface area contributed by atoms with Gasteiger partial charge in [-0.2, -0.15) is 57.1 Å². The fraction of sp³-hybridized carbons (Fsp3) is 0.827. The van der Waals surface area contributed by atoms with Crippen molar-refractivity contribution < 1.29 is 195 Å². The van der Waals surface area contributed by atoms with Crippen molar-refractivity contribution in [1.82, 2.24) is 0 Å². The molecule has 0 N–H and O–H groups in total. The van der Waals surface area contributed by atoms with Crippen molar-refractivity contribution in [3.05, 3.63) is 0 Å². The quantitative estimate of drug-likeness (QED) is 0.0885. The third-order valence-corrected chi connectivity index (χ3v) is 27.3. The number of alkyl halides is 14. The van der Waals surface area contributed by atoms with Gasteiger partial charge in [-0.25, -0.2) is 33.2 Å². The average Bonchev–Trinajstić information content (AvgIpc) is 1.54. The monoisotopic (exact) mass is 1790 g/mol. The molecule has 17 aliphatic rings. The SMILES string of the molecule is CC(C)(C(=O)OC1CCC2CC1OC2=O)C(F)(F)F.CC(C)(F)C(=O)OC1CCC2CC1OC2=O.CC(F)(F)C(=O)OC1(C)CCC2CC1(C)OC2=O.CC(F)(F)C(=O)OC1C2CC3C(=O)OC1(C)C3C2.CC(F)(F)C(=O)OC1C2CC3C(=O)OC1C3C2.CC(F)(F)C(=O)OC1C2OC(=O)C3CC1(C)CC32.CC1CC2CC(OC2=O)C1OC(=O)C(C)(F)F. The molecule has 10 saturated carbocycles. The smallest absolute Gasteiger partial charge is 0.404 e. The van der Waals surface area contributed by atoms with Gasteiger partial charge in [-0.15, -0.1) is 0 Å². The number of carbonyl (C=O) groups is 14. The molecule has 0 aromatic rings. The van der Waals surface area contributed by atoms with Crippen LogP contribution in [0.4, 0.5) is 61.5 Å². The van der Waals surface area contributed by atoms with Crippen LogP contribution in [0.15, 0.2) is 0 Å². The van der Waals surface area contributed by atoms with E-state index in [4.69, 9.17) is 66.3 Å². The largest absolute Gasteiger partial charge is 0.458 e. The molecule has 17 rings (SSSR count). The van der Waals surface area contributed by atoms with Crippen molar-refractivity contribution in [1.29, 1.82) is 0 Å². The van der Waals surface area contributed by atoms with Gasteiger partial charge in [-0.05, 0) is 138 Å². The van der Waals surface area contributed by atoms with Crippen molar-refractivity contribution in [3.8, 4) is 0 Å². The molecule has 0 radical (unpaired) electrons. The summed E-state index contributed by atoms with van der Waals surface area (Å²) in [7, 11) is 0. The Bertz CT molecular complexity index is 4120. The van der Waals surface area contributed by atoms with Gasteiger partial charge in [-0.3, -0.25) is 38.4 Å². The number of hydrogen-bond acceptors (Lipinski definition) is 28. The minimum Gasteiger partial charge on any atom is -0.458 e. The third-order valence-electron chi connectivity index (χ3n) is 27.3. The van der Waals surface area contributed by atoms with Crippen LogP contribution in [0.25, 0.3) is 0 Å². The molecule has 7 aliphatic heterocycles. The van der Waals surface area contributed by atoms with Crippen LogP contribution in [0.3, 0.4) is 0 Å². The lowest BCUT2D eigenvalue weighted by molar-refractivity contribution is -0.230. The molecule has 123 heavy (non-hydrogen) atoms. The van der Waals surface area contributed by atoms with Crippen molar-refractivity contribution >= 4 is 83.6 Å². The van der Waals surface area contributed by atoms with E-state index in [0.717, 1.165) is 34.1 Å². The summed E-state index contributed by atoms with van der Waals surface area (Å²) in [4.78, 5) is 159. The second-order valence-corrected chi connectivity index (χ2v) is 37.8. The minimum atomic E-state index is -4.67. The predicted molar refractivity (Wildman–Crippen MR) is 378 cm³/mol. The molecule has 0 aromatic heterocycles. The lowest BCUT2D eigenvalue weighted by Crippen LogP contribution is -2.55. The van der Waals surface area contributed by atoms with Crippen LogP contribution in [-0.4, -0.2) is 209 Å². The van der Waals surface area contributed by atoms with E-state index < -0.39 is 172 Å². The topological polar surface area (TPSA) is 368 Å². The number of hydrogen-bond donors (Lipinski definition) is 0. The van der Waals surface area contributed by atoms with Gasteiger partial charge in [0.2, 0.25) is 5.67 Å². The summed E-state index contributed by atoms with van der Waals surface area (Å²) in [5.74, 6) is -30.8. The molecule has 28 unspecified atom stereocenters. The Kier molecular flexibility index (Phi) is 25.6. The Hall–Kier alpha value is -8.40. The summed E-state index contributed by atoms with van der Waals surface area (Å²) in [6, 6.07) is 0. The first kappa shape index (κ1) is 95.3. The van der Waals surface area contributed by atoms with Gasteiger partial charge in [0.05, 0.1) is 41.4 Å². The first-order valence-corrected chi connectivity index (χ1v) is 40.8. The number of rotatable bonds is 14. The normalized spacial score (nSPS) is 39.1. The van der Waals surface area contributed by atoms with E-state index >= 15 is 0 Å². The molecule has 7 heterocycles. The molecule has 14 bridgehead atoms. The predicted octanol–water partition coefficient (Wildman–Crippen LogP) is 11.4. The van der Waals surface area contributed by atoms with E-state index in [1.165, 1.54) is 0 Å². The first-order chi connectivity index (χ1) is 56.2. The Morgan fingerprint density at radius 2 is 0.837 bits per heavy atom. The van der Waals surface area contributed by atoms with Crippen molar-refractivity contribution in [3.63, 3.8) is 0 Å². The van der Waals surface area contributed by atoms with Crippen molar-refractivity contribution in [2.75, 3.05) is 0 Å². The maximum atomic E-state index is 13.3. The van der Waals surface area contributed by atoms with Crippen LogP contribution in [0.2, 0.25) is 0 Å². The van der Waals surface area contributed by atoms with E-state index in [-0.39, 0.29) is 125 Å². The van der Waals surface area contributed by atoms with E-state index in [2.05, 4.69) is 0 Å². The molecule has 0 aromatic carbocycles. The third kappa shape index (κ3) is 19.2. The van der Waals surface area contributed by atoms with Crippen LogP contribution in [0, 0.1) is 87.8 Å². The number of ether oxygens (including phenoxy) is 14. The highest BCUT2D eigenvalue weighted by Crippen LogP contribution is 2.64. The molecule has 0 spiro atoms. The van der Waals surface area contributed by atoms with Crippen LogP contribution in [0.1, 0.15) is 206 Å². The van der Waals surface area contributed by atoms with Crippen LogP contribution in [-0.2, 0) is 133 Å². The zero-order valence-electron chi connectivity index (χ0n) is 69.6. The lowest BCUT2D eigenvalue weighted by atomic mass is 9.71. The van der Waals surface area contributed by atoms with Crippen molar-refractivity contribution in [2.45, 2.75) is 331 Å². The standard InChI is InChI=1S/C12H15F3O4.2C12H14F2O4.C12H16F2O4.C11H12F2O4.C11H14F2O4.C11H15FO4/c1-11(2,12(13,14)15)10(17)19-7-4-3-6-5-8(7)18-9(6)16;1-11-3-5-6(4-11)9(15)17-7(5)8(11)18-10(16)12(2,13)14;1-11-7-4-5(3-6(7)9(15)18-11)8(11)17-10(16)12(2,13)14;1-10(18-9(16)12(3,13)14)5-4-7-6-11(10,2)17-8(7)15;1-11(12,13)10(15)17-7-4-2-5-6(3-4)9(14)16-8(5)7;1-5-3-6-4-7(16-9(6)14)8(5)17-10(15)11(2,12)13;1-11(2,12)10(14)16-7-4-3-6-5-8(7)15-9(6)13/h6-8H,3-5H2,1-2H3;2*5-8H,3-4H2,1-2H3;7H,4-6H2,1-3H3;4-8H,2-3H2,1H3;5-8H,3-4H2,1-2H3;6-8H,3-5H2,1-2H3. The van der Waals surface area contributed by atoms with Crippen LogP contribution >= 0.6 is 0 Å². The molecule has 7 saturated heterocycles. The fourth-order valence-electron chi connectivity index (χ4n) is 20.1. The summed E-state index contributed by atoms with van der Waals surface area (Å²) in [5.41, 5.74) is -8.08. The van der Waals surface area contributed by atoms with Gasteiger partial charge in [0.1, 0.15) is 83.9 Å². The van der Waals surface area contributed by atoms with Gasteiger partial charge in [-0.1, -0.05) is 13.8 Å².